The van der Waals surface area contributed by atoms with Gasteiger partial charge < -0.3 is 30.6 Å². The van der Waals surface area contributed by atoms with E-state index >= 15 is 0 Å². The van der Waals surface area contributed by atoms with Crippen molar-refractivity contribution in [1.29, 1.82) is 0 Å². The second-order valence-electron chi connectivity index (χ2n) is 8.77. The van der Waals surface area contributed by atoms with Crippen molar-refractivity contribution in [3.05, 3.63) is 82.7 Å². The predicted molar refractivity (Wildman–Crippen MR) is 172 cm³/mol. The van der Waals surface area contributed by atoms with Crippen molar-refractivity contribution in [2.45, 2.75) is 0 Å². The number of nitrogen functional groups attached to an aromatic ring is 1. The van der Waals surface area contributed by atoms with Crippen LogP contribution >= 0.6 is 34.3 Å². The summed E-state index contributed by atoms with van der Waals surface area (Å²) in [6.07, 6.45) is 3.21. The number of hydrogen-bond donors (Lipinski definition) is 3. The highest BCUT2D eigenvalue weighted by Gasteiger charge is 2.18. The fourth-order valence-electron chi connectivity index (χ4n) is 4.01. The largest absolute Gasteiger partial charge is 0.493 e. The third-order valence-corrected chi connectivity index (χ3v) is 8.23. The Morgan fingerprint density at radius 3 is 2.38 bits per heavy atom. The molecule has 2 aromatic heterocycles. The first kappa shape index (κ1) is 28.9. The topological polar surface area (TPSA) is 121 Å². The smallest absolute Gasteiger partial charge is 0.248 e. The maximum absolute atomic E-state index is 12.5. The summed E-state index contributed by atoms with van der Waals surface area (Å²) in [7, 11) is 4.67. The summed E-state index contributed by atoms with van der Waals surface area (Å²) in [5, 5.41) is 10.1. The molecular weight excluding hydrogens is 594 g/mol. The fourth-order valence-corrected chi connectivity index (χ4v) is 5.97. The molecule has 0 saturated carbocycles. The number of nitrogens with two attached hydrogens (primary N) is 1. The van der Waals surface area contributed by atoms with Crippen molar-refractivity contribution in [3.8, 4) is 38.4 Å². The number of aromatic nitrogens is 2. The summed E-state index contributed by atoms with van der Waals surface area (Å²) in [6.45, 7) is 0. The van der Waals surface area contributed by atoms with Crippen LogP contribution in [-0.2, 0) is 4.79 Å². The van der Waals surface area contributed by atoms with Crippen LogP contribution in [0.2, 0.25) is 5.02 Å². The monoisotopic (exact) mass is 619 g/mol. The van der Waals surface area contributed by atoms with Gasteiger partial charge in [0.05, 0.1) is 27.0 Å². The van der Waals surface area contributed by atoms with Crippen LogP contribution in [0.5, 0.6) is 17.2 Å². The number of thiazole rings is 2. The quantitative estimate of drug-likeness (QED) is 0.137. The Morgan fingerprint density at radius 2 is 1.69 bits per heavy atom. The number of hydrogen-bond acceptors (Lipinski definition) is 10. The molecular formula is C30H26ClN5O4S2. The van der Waals surface area contributed by atoms with Crippen molar-refractivity contribution < 1.29 is 19.0 Å². The minimum absolute atomic E-state index is 0.245. The molecule has 9 nitrogen and oxygen atoms in total. The number of benzene rings is 3. The Bertz CT molecular complexity index is 1730. The maximum Gasteiger partial charge on any atom is 0.248 e. The van der Waals surface area contributed by atoms with Crippen LogP contribution in [0.15, 0.2) is 72.1 Å². The van der Waals surface area contributed by atoms with Crippen LogP contribution in [0.4, 0.5) is 22.3 Å². The number of rotatable bonds is 10. The van der Waals surface area contributed by atoms with E-state index in [4.69, 9.17) is 36.5 Å². The second-order valence-corrected chi connectivity index (χ2v) is 11.1. The van der Waals surface area contributed by atoms with E-state index in [0.717, 1.165) is 26.7 Å². The number of methoxy groups -OCH3 is 3. The summed E-state index contributed by atoms with van der Waals surface area (Å²) in [5.74, 6) is 1.66. The summed E-state index contributed by atoms with van der Waals surface area (Å²) < 4.78 is 16.3. The molecule has 2 heterocycles. The Morgan fingerprint density at radius 1 is 0.952 bits per heavy atom. The number of ether oxygens (including phenoxy) is 3. The van der Waals surface area contributed by atoms with Crippen molar-refractivity contribution >= 4 is 68.6 Å². The van der Waals surface area contributed by atoms with Crippen molar-refractivity contribution in [1.82, 2.24) is 9.97 Å². The third-order valence-electron chi connectivity index (χ3n) is 5.99. The van der Waals surface area contributed by atoms with E-state index in [9.17, 15) is 4.79 Å². The van der Waals surface area contributed by atoms with Gasteiger partial charge in [-0.3, -0.25) is 4.79 Å². The molecule has 0 bridgehead atoms. The van der Waals surface area contributed by atoms with Gasteiger partial charge in [0, 0.05) is 45.5 Å². The first-order valence-corrected chi connectivity index (χ1v) is 14.6. The van der Waals surface area contributed by atoms with Gasteiger partial charge in [-0.1, -0.05) is 47.2 Å². The normalized spacial score (nSPS) is 11.0. The lowest BCUT2D eigenvalue weighted by atomic mass is 10.1. The summed E-state index contributed by atoms with van der Waals surface area (Å²) in [4.78, 5) is 22.5. The number of nitrogens with zero attached hydrogens (tertiary/aromatic N) is 2. The summed E-state index contributed by atoms with van der Waals surface area (Å²) in [6, 6.07) is 18.3. The van der Waals surface area contributed by atoms with Gasteiger partial charge in [0.25, 0.3) is 0 Å². The lowest BCUT2D eigenvalue weighted by Gasteiger charge is -2.14. The van der Waals surface area contributed by atoms with Crippen LogP contribution < -0.4 is 30.6 Å². The first-order chi connectivity index (χ1) is 20.4. The molecule has 0 aliphatic rings. The molecule has 12 heteroatoms. The van der Waals surface area contributed by atoms with Crippen molar-refractivity contribution in [3.63, 3.8) is 0 Å². The van der Waals surface area contributed by atoms with E-state index in [1.54, 1.807) is 51.7 Å². The van der Waals surface area contributed by atoms with E-state index in [1.807, 2.05) is 41.8 Å². The van der Waals surface area contributed by atoms with Gasteiger partial charge in [-0.15, -0.1) is 11.3 Å². The Labute approximate surface area is 255 Å². The molecule has 42 heavy (non-hydrogen) atoms. The molecule has 4 N–H and O–H groups in total. The van der Waals surface area contributed by atoms with Crippen LogP contribution in [0.3, 0.4) is 0 Å². The highest BCUT2D eigenvalue weighted by Crippen LogP contribution is 2.43. The molecule has 0 fully saturated rings. The second kappa shape index (κ2) is 12.9. The molecule has 0 saturated heterocycles. The standard InChI is InChI=1S/C30H26ClN5O4S2/c1-38-23-14-21(15-24(39-2)26(23)40-3)34-30-36-28(32)27(42-30)29-35-22(16-41-29)18-5-4-6-20(13-18)33-25(37)12-9-17-7-10-19(31)11-8-17/h4-16H,32H2,1-3H3,(H,33,37)(H,34,36)/b12-9+. The zero-order chi connectivity index (χ0) is 29.6. The van der Waals surface area contributed by atoms with Gasteiger partial charge >= 0.3 is 0 Å². The number of amides is 1. The minimum Gasteiger partial charge on any atom is -0.493 e. The molecule has 0 spiro atoms. The maximum atomic E-state index is 12.5. The number of carbonyl (C=O) groups excluding carboxylic acids is 1. The van der Waals surface area contributed by atoms with Crippen molar-refractivity contribution in [2.75, 3.05) is 37.7 Å². The van der Waals surface area contributed by atoms with E-state index in [1.165, 1.54) is 28.7 Å². The molecule has 3 aromatic carbocycles. The Balaban J connectivity index is 1.30. The van der Waals surface area contributed by atoms with Crippen LogP contribution in [0.1, 0.15) is 5.56 Å². The lowest BCUT2D eigenvalue weighted by Crippen LogP contribution is -2.07. The first-order valence-electron chi connectivity index (χ1n) is 12.5. The molecule has 214 valence electrons. The van der Waals surface area contributed by atoms with Crippen LogP contribution in [-0.4, -0.2) is 37.2 Å². The molecule has 1 amide bonds. The van der Waals surface area contributed by atoms with Gasteiger partial charge in [0.15, 0.2) is 16.6 Å². The third kappa shape index (κ3) is 6.65. The van der Waals surface area contributed by atoms with E-state index in [-0.39, 0.29) is 5.91 Å². The SMILES string of the molecule is COc1cc(Nc2nc(N)c(-c3nc(-c4cccc(NC(=O)/C=C/c5ccc(Cl)cc5)c4)cs3)s2)cc(OC)c1OC. The Hall–Kier alpha value is -4.58. The number of nitrogens with one attached hydrogen (secondary N) is 2. The average Bonchev–Trinajstić information content (AvgIpc) is 3.63. The van der Waals surface area contributed by atoms with E-state index in [0.29, 0.717) is 44.6 Å². The number of carbonyl (C=O) groups is 1. The minimum atomic E-state index is -0.245. The van der Waals surface area contributed by atoms with Crippen LogP contribution in [0.25, 0.3) is 27.2 Å². The molecule has 5 rings (SSSR count). The van der Waals surface area contributed by atoms with Gasteiger partial charge in [-0.05, 0) is 35.9 Å². The van der Waals surface area contributed by atoms with Crippen molar-refractivity contribution in [2.24, 2.45) is 0 Å². The fraction of sp³-hybridized carbons (Fsp3) is 0.100. The molecule has 0 atom stereocenters. The highest BCUT2D eigenvalue weighted by atomic mass is 35.5. The highest BCUT2D eigenvalue weighted by molar-refractivity contribution is 7.23. The van der Waals surface area contributed by atoms with Gasteiger partial charge in [0.1, 0.15) is 15.7 Å². The molecule has 0 aliphatic heterocycles. The zero-order valence-electron chi connectivity index (χ0n) is 22.8. The molecule has 0 aliphatic carbocycles. The van der Waals surface area contributed by atoms with E-state index < -0.39 is 0 Å². The Kier molecular flexibility index (Phi) is 8.91. The number of halogens is 1. The van der Waals surface area contributed by atoms with Gasteiger partial charge in [-0.2, -0.15) is 0 Å². The molecule has 5 aromatic rings. The molecule has 0 radical (unpaired) electrons. The summed E-state index contributed by atoms with van der Waals surface area (Å²) >= 11 is 8.77. The van der Waals surface area contributed by atoms with E-state index in [2.05, 4.69) is 15.6 Å². The zero-order valence-corrected chi connectivity index (χ0v) is 25.2. The lowest BCUT2D eigenvalue weighted by molar-refractivity contribution is -0.111. The molecule has 0 unspecified atom stereocenters. The predicted octanol–water partition coefficient (Wildman–Crippen LogP) is 7.59. The van der Waals surface area contributed by atoms with Gasteiger partial charge in [0.2, 0.25) is 11.7 Å². The summed E-state index contributed by atoms with van der Waals surface area (Å²) in [5.41, 5.74) is 10.1. The average molecular weight is 620 g/mol. The van der Waals surface area contributed by atoms with Gasteiger partial charge in [-0.25, -0.2) is 9.97 Å². The number of anilines is 4. The van der Waals surface area contributed by atoms with Crippen LogP contribution in [0, 0.1) is 0 Å².